The Labute approximate surface area is 51.4 Å². The molecular weight excluding hydrogens is 124 g/mol. The van der Waals surface area contributed by atoms with Crippen LogP contribution in [0.15, 0.2) is 0 Å². The first-order chi connectivity index (χ1) is 3.80. The van der Waals surface area contributed by atoms with Crippen molar-refractivity contribution in [1.82, 2.24) is 0 Å². The lowest BCUT2D eigenvalue weighted by Crippen LogP contribution is -2.21. The van der Waals surface area contributed by atoms with Gasteiger partial charge in [-0.1, -0.05) is 0 Å². The molecule has 3 heteroatoms. The predicted molar refractivity (Wildman–Crippen MR) is 32.9 cm³/mol. The fourth-order valence-electron chi connectivity index (χ4n) is 0.831. The molecule has 0 bridgehead atoms. The van der Waals surface area contributed by atoms with Crippen molar-refractivity contribution >= 4 is 10.8 Å². The Morgan fingerprint density at radius 3 is 2.62 bits per heavy atom. The van der Waals surface area contributed by atoms with Gasteiger partial charge in [-0.2, -0.15) is 0 Å². The van der Waals surface area contributed by atoms with Crippen molar-refractivity contribution in [2.75, 3.05) is 5.75 Å². The monoisotopic (exact) mass is 134 g/mol. The van der Waals surface area contributed by atoms with Crippen LogP contribution in [0.25, 0.3) is 0 Å². The zero-order valence-corrected chi connectivity index (χ0v) is 5.49. The van der Waals surface area contributed by atoms with E-state index in [1.807, 2.05) is 0 Å². The minimum Gasteiger partial charge on any atom is -0.380 e. The normalized spacial score (nSPS) is 39.6. The first-order valence-corrected chi connectivity index (χ1v) is 4.24. The molecule has 0 saturated carbocycles. The third kappa shape index (κ3) is 1.29. The van der Waals surface area contributed by atoms with Gasteiger partial charge in [0.25, 0.3) is 0 Å². The van der Waals surface area contributed by atoms with Crippen LogP contribution < -0.4 is 0 Å². The molecule has 1 N–H and O–H groups in total. The summed E-state index contributed by atoms with van der Waals surface area (Å²) in [5.74, 6) is 0.696. The summed E-state index contributed by atoms with van der Waals surface area (Å²) in [6, 6.07) is 0. The van der Waals surface area contributed by atoms with E-state index in [2.05, 4.69) is 0 Å². The summed E-state index contributed by atoms with van der Waals surface area (Å²) in [4.78, 5) is 0. The molecule has 2 unspecified atom stereocenters. The number of hydrogen-bond donors (Lipinski definition) is 1. The maximum Gasteiger partial charge on any atom is 0.129 e. The van der Waals surface area contributed by atoms with E-state index in [0.29, 0.717) is 5.75 Å². The van der Waals surface area contributed by atoms with E-state index < -0.39 is 16.2 Å². The Hall–Kier alpha value is 0.110. The molecule has 1 saturated heterocycles. The van der Waals surface area contributed by atoms with Crippen LogP contribution in [0.1, 0.15) is 19.3 Å². The summed E-state index contributed by atoms with van der Waals surface area (Å²) in [7, 11) is -0.929. The highest BCUT2D eigenvalue weighted by atomic mass is 32.2. The van der Waals surface area contributed by atoms with Gasteiger partial charge in [-0.25, -0.2) is 0 Å². The lowest BCUT2D eigenvalue weighted by Gasteiger charge is -2.14. The van der Waals surface area contributed by atoms with Crippen molar-refractivity contribution in [2.45, 2.75) is 24.7 Å². The van der Waals surface area contributed by atoms with Crippen LogP contribution in [-0.4, -0.2) is 20.5 Å². The third-order valence-electron chi connectivity index (χ3n) is 1.35. The smallest absolute Gasteiger partial charge is 0.129 e. The van der Waals surface area contributed by atoms with Crippen LogP contribution >= 0.6 is 0 Å². The van der Waals surface area contributed by atoms with Crippen LogP contribution in [0.3, 0.4) is 0 Å². The van der Waals surface area contributed by atoms with Crippen molar-refractivity contribution in [3.8, 4) is 0 Å². The molecule has 1 fully saturated rings. The molecular formula is C5H10O2S. The second-order valence-corrected chi connectivity index (χ2v) is 3.75. The van der Waals surface area contributed by atoms with Gasteiger partial charge in [0.05, 0.1) is 10.8 Å². The van der Waals surface area contributed by atoms with Gasteiger partial charge in [0.2, 0.25) is 0 Å². The minimum atomic E-state index is -0.929. The van der Waals surface area contributed by atoms with Crippen molar-refractivity contribution in [2.24, 2.45) is 0 Å². The Morgan fingerprint density at radius 1 is 1.50 bits per heavy atom. The van der Waals surface area contributed by atoms with Crippen LogP contribution in [0.5, 0.6) is 0 Å². The Balaban J connectivity index is 2.39. The van der Waals surface area contributed by atoms with Crippen LogP contribution in [0.4, 0.5) is 0 Å². The van der Waals surface area contributed by atoms with Gasteiger partial charge in [0.15, 0.2) is 0 Å². The van der Waals surface area contributed by atoms with E-state index in [1.54, 1.807) is 0 Å². The Bertz CT molecular complexity index is 103. The van der Waals surface area contributed by atoms with Crippen molar-refractivity contribution in [3.63, 3.8) is 0 Å². The first-order valence-electron chi connectivity index (χ1n) is 2.86. The molecule has 1 aliphatic rings. The van der Waals surface area contributed by atoms with E-state index in [1.165, 1.54) is 0 Å². The highest BCUT2D eigenvalue weighted by molar-refractivity contribution is 7.85. The molecule has 2 atom stereocenters. The number of rotatable bonds is 0. The van der Waals surface area contributed by atoms with Crippen LogP contribution in [-0.2, 0) is 10.8 Å². The van der Waals surface area contributed by atoms with E-state index >= 15 is 0 Å². The first kappa shape index (κ1) is 6.23. The molecule has 8 heavy (non-hydrogen) atoms. The summed E-state index contributed by atoms with van der Waals surface area (Å²) < 4.78 is 10.7. The van der Waals surface area contributed by atoms with Gasteiger partial charge in [-0.3, -0.25) is 4.21 Å². The average Bonchev–Trinajstić information content (AvgIpc) is 1.77. The number of aliphatic hydroxyl groups excluding tert-OH is 1. The second kappa shape index (κ2) is 2.60. The Kier molecular flexibility index (Phi) is 2.02. The molecule has 0 spiro atoms. The van der Waals surface area contributed by atoms with Crippen molar-refractivity contribution in [3.05, 3.63) is 0 Å². The van der Waals surface area contributed by atoms with Gasteiger partial charge in [-0.15, -0.1) is 0 Å². The van der Waals surface area contributed by atoms with E-state index in [0.717, 1.165) is 19.3 Å². The molecule has 0 aromatic rings. The van der Waals surface area contributed by atoms with Gasteiger partial charge in [0.1, 0.15) is 5.44 Å². The minimum absolute atomic E-state index is 0.524. The molecule has 0 radical (unpaired) electrons. The van der Waals surface area contributed by atoms with Gasteiger partial charge in [0, 0.05) is 5.75 Å². The predicted octanol–water partition coefficient (Wildman–Crippen LogP) is 0.237. The molecule has 0 aromatic heterocycles. The zero-order valence-electron chi connectivity index (χ0n) is 4.67. The Morgan fingerprint density at radius 2 is 2.25 bits per heavy atom. The summed E-state index contributed by atoms with van der Waals surface area (Å²) >= 11 is 0. The zero-order chi connectivity index (χ0) is 5.98. The van der Waals surface area contributed by atoms with Crippen LogP contribution in [0.2, 0.25) is 0 Å². The average molecular weight is 134 g/mol. The highest BCUT2D eigenvalue weighted by Crippen LogP contribution is 2.12. The summed E-state index contributed by atoms with van der Waals surface area (Å²) in [5, 5.41) is 8.88. The van der Waals surface area contributed by atoms with E-state index in [-0.39, 0.29) is 0 Å². The maximum atomic E-state index is 10.7. The summed E-state index contributed by atoms with van der Waals surface area (Å²) in [5.41, 5.74) is -0.524. The molecule has 1 aliphatic heterocycles. The molecule has 0 amide bonds. The lowest BCUT2D eigenvalue weighted by molar-refractivity contribution is 0.236. The molecule has 0 aliphatic carbocycles. The molecule has 1 rings (SSSR count). The van der Waals surface area contributed by atoms with Crippen molar-refractivity contribution < 1.29 is 9.32 Å². The molecule has 2 nitrogen and oxygen atoms in total. The summed E-state index contributed by atoms with van der Waals surface area (Å²) in [6.07, 6.45) is 2.78. The standard InChI is InChI=1S/C5H10O2S/c6-5-3-1-2-4-8(5)7/h5-6H,1-4H2. The fourth-order valence-corrected chi connectivity index (χ4v) is 2.02. The number of aliphatic hydroxyl groups is 1. The maximum absolute atomic E-state index is 10.7. The quantitative estimate of drug-likeness (QED) is 0.515. The fraction of sp³-hybridized carbons (Fsp3) is 1.00. The topological polar surface area (TPSA) is 37.3 Å². The largest absolute Gasteiger partial charge is 0.380 e. The second-order valence-electron chi connectivity index (χ2n) is 2.04. The molecule has 0 aromatic carbocycles. The molecule has 1 heterocycles. The van der Waals surface area contributed by atoms with E-state index in [4.69, 9.17) is 5.11 Å². The van der Waals surface area contributed by atoms with E-state index in [9.17, 15) is 4.21 Å². The van der Waals surface area contributed by atoms with Crippen LogP contribution in [0, 0.1) is 0 Å². The van der Waals surface area contributed by atoms with Crippen molar-refractivity contribution in [1.29, 1.82) is 0 Å². The summed E-state index contributed by atoms with van der Waals surface area (Å²) in [6.45, 7) is 0. The van der Waals surface area contributed by atoms with Gasteiger partial charge < -0.3 is 5.11 Å². The SMILES string of the molecule is O=S1CCCCC1O. The van der Waals surface area contributed by atoms with Gasteiger partial charge in [-0.05, 0) is 19.3 Å². The lowest BCUT2D eigenvalue weighted by atomic mass is 10.2. The molecule has 48 valence electrons. The highest BCUT2D eigenvalue weighted by Gasteiger charge is 2.16. The number of hydrogen-bond acceptors (Lipinski definition) is 2. The third-order valence-corrected chi connectivity index (χ3v) is 2.88. The van der Waals surface area contributed by atoms with Gasteiger partial charge >= 0.3 is 0 Å².